The summed E-state index contributed by atoms with van der Waals surface area (Å²) in [6.07, 6.45) is -3.56. The Balaban J connectivity index is 3.60. The summed E-state index contributed by atoms with van der Waals surface area (Å²) in [5.41, 5.74) is 62.2. The van der Waals surface area contributed by atoms with E-state index in [4.69, 9.17) is 63.1 Å². The number of carboxylic acids is 1. The van der Waals surface area contributed by atoms with Crippen LogP contribution in [0.25, 0.3) is 0 Å². The summed E-state index contributed by atoms with van der Waals surface area (Å²) in [6, 6.07) is -17.8. The molecule has 1 aliphatic rings. The van der Waals surface area contributed by atoms with Gasteiger partial charge < -0.3 is 147 Å². The summed E-state index contributed by atoms with van der Waals surface area (Å²) >= 11 is 0. The van der Waals surface area contributed by atoms with Crippen molar-refractivity contribution in [1.82, 2.24) is 95.3 Å². The average Bonchev–Trinajstić information content (AvgIpc) is 1.42. The van der Waals surface area contributed by atoms with Crippen molar-refractivity contribution in [3.8, 4) is 0 Å². The van der Waals surface area contributed by atoms with Gasteiger partial charge >= 0.3 is 5.97 Å². The van der Waals surface area contributed by atoms with Crippen LogP contribution in [0.2, 0.25) is 0 Å². The molecule has 0 aliphatic carbocycles. The fourth-order valence-corrected chi connectivity index (χ4v) is 12.3. The molecule has 0 bridgehead atoms. The summed E-state index contributed by atoms with van der Waals surface area (Å²) in [7, 11) is 0. The highest BCUT2D eigenvalue weighted by molar-refractivity contribution is 6.00. The third kappa shape index (κ3) is 43.6. The Bertz CT molecular complexity index is 3230. The number of carbonyl (C=O) groups excluding carboxylic acids is 15. The van der Waals surface area contributed by atoms with Crippen LogP contribution < -0.4 is 153 Å². The summed E-state index contributed by atoms with van der Waals surface area (Å²) in [5.74, 6) is -15.4. The van der Waals surface area contributed by atoms with Crippen LogP contribution in [0.15, 0.2) is 0 Å². The Kier molecular flexibility index (Phi) is 52.6. The third-order valence-corrected chi connectivity index (χ3v) is 19.5. The van der Waals surface area contributed by atoms with E-state index in [1.54, 1.807) is 41.5 Å². The molecule has 1 saturated heterocycles. The second-order valence-corrected chi connectivity index (χ2v) is 30.4. The van der Waals surface area contributed by atoms with Crippen molar-refractivity contribution < 1.29 is 86.9 Å². The molecule has 1 heterocycles. The van der Waals surface area contributed by atoms with Gasteiger partial charge in [0.05, 0.1) is 18.7 Å². The Morgan fingerprint density at radius 3 is 1.23 bits per heavy atom. The van der Waals surface area contributed by atoms with Gasteiger partial charge in [0.1, 0.15) is 104 Å². The number of nitrogens with zero attached hydrogens (tertiary/aromatic N) is 1. The number of nitrogens with two attached hydrogens (primary N) is 11. The lowest BCUT2D eigenvalue weighted by molar-refractivity contribution is -0.143. The van der Waals surface area contributed by atoms with Crippen molar-refractivity contribution >= 4 is 94.6 Å². The van der Waals surface area contributed by atoms with Crippen molar-refractivity contribution in [2.75, 3.05) is 52.4 Å². The highest BCUT2D eigenvalue weighted by Crippen LogP contribution is 2.22. The van der Waals surface area contributed by atoms with E-state index in [-0.39, 0.29) is 135 Å². The summed E-state index contributed by atoms with van der Waals surface area (Å²) in [5, 5.41) is 64.8. The molecule has 16 atom stereocenters. The summed E-state index contributed by atoms with van der Waals surface area (Å²) < 4.78 is 0. The van der Waals surface area contributed by atoms with E-state index >= 15 is 0 Å². The number of aliphatic carboxylic acids is 1. The number of aliphatic hydroxyl groups excluding tert-OH is 1. The monoisotopic (exact) mass is 1700 g/mol. The first-order valence-corrected chi connectivity index (χ1v) is 40.7. The zero-order valence-corrected chi connectivity index (χ0v) is 70.2. The van der Waals surface area contributed by atoms with Crippen molar-refractivity contribution in [2.45, 2.75) is 288 Å². The van der Waals surface area contributed by atoms with Crippen LogP contribution in [0.5, 0.6) is 0 Å². The first kappa shape index (κ1) is 108. The number of aliphatic hydroxyl groups is 1. The molecule has 0 aromatic carbocycles. The van der Waals surface area contributed by atoms with Gasteiger partial charge in [0.15, 0.2) is 0 Å². The number of hydrogen-bond donors (Lipinski definition) is 30. The number of amides is 15. The number of primary amides is 1. The van der Waals surface area contributed by atoms with Crippen LogP contribution in [0.4, 0.5) is 0 Å². The van der Waals surface area contributed by atoms with Crippen LogP contribution in [0.1, 0.15) is 178 Å². The van der Waals surface area contributed by atoms with Crippen LogP contribution in [0.3, 0.4) is 0 Å². The van der Waals surface area contributed by atoms with E-state index < -0.39 is 229 Å². The Morgan fingerprint density at radius 2 is 0.790 bits per heavy atom. The van der Waals surface area contributed by atoms with Gasteiger partial charge in [-0.1, -0.05) is 54.4 Å². The minimum absolute atomic E-state index is 0.0109. The normalized spacial score (nSPS) is 16.6. The smallest absolute Gasteiger partial charge is 0.322 e. The quantitative estimate of drug-likeness (QED) is 0.0199. The molecule has 41 N–H and O–H groups in total. The molecule has 0 spiro atoms. The number of rotatable bonds is 62. The van der Waals surface area contributed by atoms with E-state index in [0.29, 0.717) is 25.7 Å². The van der Waals surface area contributed by atoms with Crippen LogP contribution in [-0.2, 0) is 76.7 Å². The van der Waals surface area contributed by atoms with Gasteiger partial charge in [-0.05, 0) is 168 Å². The van der Waals surface area contributed by atoms with E-state index in [9.17, 15) is 86.9 Å². The van der Waals surface area contributed by atoms with Gasteiger partial charge in [-0.3, -0.25) is 98.0 Å². The second-order valence-electron chi connectivity index (χ2n) is 30.4. The number of carbonyl (C=O) groups is 16. The minimum atomic E-state index is -1.70. The van der Waals surface area contributed by atoms with E-state index in [2.05, 4.69) is 90.4 Å². The molecule has 47 nitrogen and oxygen atoms in total. The molecular formula is C72H141N29O18. The van der Waals surface area contributed by atoms with Crippen LogP contribution in [0, 0.1) is 17.8 Å². The fraction of sp³-hybridized carbons (Fsp3) is 0.778. The van der Waals surface area contributed by atoms with Crippen molar-refractivity contribution in [3.63, 3.8) is 0 Å². The first-order valence-electron chi connectivity index (χ1n) is 40.7. The predicted molar refractivity (Wildman–Crippen MR) is 438 cm³/mol. The van der Waals surface area contributed by atoms with Crippen molar-refractivity contribution in [1.29, 1.82) is 0 Å². The lowest BCUT2D eigenvalue weighted by Gasteiger charge is -2.32. The van der Waals surface area contributed by atoms with Crippen molar-refractivity contribution in [3.05, 3.63) is 0 Å². The molecule has 119 heavy (non-hydrogen) atoms. The fourth-order valence-electron chi connectivity index (χ4n) is 12.3. The Morgan fingerprint density at radius 1 is 0.412 bits per heavy atom. The molecule has 47 heteroatoms. The maximum Gasteiger partial charge on any atom is 0.322 e. The number of hydrogen-bond acceptors (Lipinski definition) is 31. The van der Waals surface area contributed by atoms with Gasteiger partial charge in [0.25, 0.3) is 0 Å². The second kappa shape index (κ2) is 58.0. The summed E-state index contributed by atoms with van der Waals surface area (Å²) in [4.78, 5) is 220. The van der Waals surface area contributed by atoms with Gasteiger partial charge in [-0.2, -0.15) is 0 Å². The SMILES string of the molecule is CC[C@H](C)[C@H](NC(=O)CNC(=O)[C@@H](N)CCC(N)=O)C(=O)N[C@H](C(=O)N[C@@H](CCCCN)C(=O)N1CCC[C@H]1C(=O)N[C@@H](C)C(=O)N[C@H](C(=O)N[C@@H](CCCNC(N)N)C(=O)N[C@@H](CCCNC(N)N)C(=O)N[C@@H](CC(C)C)C(=O)N[C@@H](C)C(=O)N[C@@H](CCCNC(N)N)C(=O)N[C@@H](CCCNC(N)N)C(=O)NCC(=O)O)[C@@H](C)CC)[C@@H](C)O. The molecule has 0 radical (unpaired) electrons. The minimum Gasteiger partial charge on any atom is -0.480 e. The Hall–Kier alpha value is -9.08. The standard InChI is InChI=1S/C72H141N29O18/c1-10-37(5)53(98-51(104)34-88-58(109)42(74)25-26-50(75)103)66(117)100-55(41(9)102)67(118)96-47(19-12-13-27-73)68(119)101-32-18-24-49(101)64(115)91-40(8)57(108)99-54(38(6)11-2)65(116)95-46(23-17-31-87-72(82)83)61(112)94-45(22-16-30-86-71(80)81)62(113)97-48(33-36(3)4)63(114)90-39(7)56(107)92-44(21-15-29-85-70(78)79)60(111)93-43(20-14-28-84-69(76)77)59(110)89-35-52(105)106/h36-49,53-55,69-72,84-87,102H,10-35,73-74,76-83H2,1-9H3,(H2,75,103)(H,88,109)(H,89,110)(H,90,114)(H,91,115)(H,92,107)(H,93,111)(H,94,112)(H,95,116)(H,96,118)(H,97,113)(H,98,104)(H,99,108)(H,100,117)(H,105,106)/t37-,38-,39-,40-,41+,42-,43-,44-,45-,46-,47-,48-,49-,53-,54-,55-/m0/s1. The number of unbranched alkanes of at least 4 members (excludes halogenated alkanes) is 1. The first-order chi connectivity index (χ1) is 55.9. The number of nitrogens with one attached hydrogen (secondary N) is 17. The van der Waals surface area contributed by atoms with E-state index in [0.717, 1.165) is 0 Å². The third-order valence-electron chi connectivity index (χ3n) is 19.5. The predicted octanol–water partition coefficient (Wildman–Crippen LogP) is -11.8. The van der Waals surface area contributed by atoms with Crippen LogP contribution >= 0.6 is 0 Å². The van der Waals surface area contributed by atoms with E-state index in [1.807, 2.05) is 0 Å². The molecule has 682 valence electrons. The van der Waals surface area contributed by atoms with Gasteiger partial charge in [-0.25, -0.2) is 0 Å². The van der Waals surface area contributed by atoms with Gasteiger partial charge in [0.2, 0.25) is 88.6 Å². The number of likely N-dealkylation sites (tertiary alicyclic amines) is 1. The largest absolute Gasteiger partial charge is 0.480 e. The number of carboxylic acid groups (broad SMARTS) is 1. The topological polar surface area (TPSA) is 808 Å². The van der Waals surface area contributed by atoms with Crippen LogP contribution in [-0.4, -0.2) is 272 Å². The zero-order chi connectivity index (χ0) is 90.3. The molecule has 1 fully saturated rings. The average molecular weight is 1700 g/mol. The van der Waals surface area contributed by atoms with E-state index in [1.165, 1.54) is 25.7 Å². The molecule has 1 aliphatic heterocycles. The lowest BCUT2D eigenvalue weighted by atomic mass is 9.97. The maximum atomic E-state index is 14.8. The highest BCUT2D eigenvalue weighted by atomic mass is 16.4. The van der Waals surface area contributed by atoms with Gasteiger partial charge in [-0.15, -0.1) is 0 Å². The molecule has 0 saturated carbocycles. The molecule has 0 aromatic rings. The molecule has 1 rings (SSSR count). The Labute approximate surface area is 695 Å². The molecular weight excluding hydrogens is 1560 g/mol. The lowest BCUT2D eigenvalue weighted by Crippen LogP contribution is -2.62. The van der Waals surface area contributed by atoms with Crippen molar-refractivity contribution in [2.24, 2.45) is 80.8 Å². The molecule has 15 amide bonds. The molecule has 0 unspecified atom stereocenters. The van der Waals surface area contributed by atoms with Gasteiger partial charge in [0, 0.05) is 13.0 Å². The zero-order valence-electron chi connectivity index (χ0n) is 70.2. The maximum absolute atomic E-state index is 14.8. The highest BCUT2D eigenvalue weighted by Gasteiger charge is 2.42. The molecule has 0 aromatic heterocycles. The summed E-state index contributed by atoms with van der Waals surface area (Å²) in [6.45, 7) is 13.6.